The zero-order chi connectivity index (χ0) is 20.3. The second-order valence-electron chi connectivity index (χ2n) is 5.03. The van der Waals surface area contributed by atoms with Crippen LogP contribution in [-0.4, -0.2) is 76.1 Å². The third kappa shape index (κ3) is 9.82. The molecular formula is C13H20N4O9. The Hall–Kier alpha value is -3.22. The number of carboxylic acid groups (broad SMARTS) is 3. The van der Waals surface area contributed by atoms with Crippen molar-refractivity contribution >= 4 is 35.6 Å². The van der Waals surface area contributed by atoms with Crippen LogP contribution in [0.15, 0.2) is 0 Å². The standard InChI is InChI=1S/C13H20N4O9/c14-4-8(18)16-6(1-2-10(20)21)12(24)15-5-9(19)17-7(13(25)26)3-11(22)23/h6-7H,1-5,14H2,(H,15,24)(H,16,18)(H,17,19)(H,20,21)(H,22,23)(H,25,26). The molecule has 2 atom stereocenters. The predicted molar refractivity (Wildman–Crippen MR) is 82.7 cm³/mol. The van der Waals surface area contributed by atoms with Gasteiger partial charge in [-0.2, -0.15) is 0 Å². The molecular weight excluding hydrogens is 356 g/mol. The number of amides is 3. The van der Waals surface area contributed by atoms with Crippen molar-refractivity contribution in [3.63, 3.8) is 0 Å². The van der Waals surface area contributed by atoms with E-state index in [9.17, 15) is 28.8 Å². The maximum absolute atomic E-state index is 12.0. The van der Waals surface area contributed by atoms with E-state index in [0.29, 0.717) is 0 Å². The Morgan fingerprint density at radius 2 is 1.42 bits per heavy atom. The molecule has 0 rings (SSSR count). The van der Waals surface area contributed by atoms with Crippen LogP contribution in [0.25, 0.3) is 0 Å². The summed E-state index contributed by atoms with van der Waals surface area (Å²) < 4.78 is 0. The minimum atomic E-state index is -1.68. The van der Waals surface area contributed by atoms with Crippen LogP contribution in [0, 0.1) is 0 Å². The Balaban J connectivity index is 4.68. The van der Waals surface area contributed by atoms with Gasteiger partial charge >= 0.3 is 17.9 Å². The summed E-state index contributed by atoms with van der Waals surface area (Å²) in [6, 6.07) is -2.94. The zero-order valence-corrected chi connectivity index (χ0v) is 13.6. The average Bonchev–Trinajstić information content (AvgIpc) is 2.54. The van der Waals surface area contributed by atoms with Gasteiger partial charge in [-0.25, -0.2) is 4.79 Å². The molecule has 0 aliphatic carbocycles. The van der Waals surface area contributed by atoms with Gasteiger partial charge in [0, 0.05) is 6.42 Å². The summed E-state index contributed by atoms with van der Waals surface area (Å²) in [5.41, 5.74) is 5.09. The summed E-state index contributed by atoms with van der Waals surface area (Å²) in [6.45, 7) is -1.14. The first-order valence-corrected chi connectivity index (χ1v) is 7.29. The molecule has 0 aromatic heterocycles. The first-order valence-electron chi connectivity index (χ1n) is 7.29. The Labute approximate surface area is 146 Å². The molecule has 0 aromatic carbocycles. The van der Waals surface area contributed by atoms with Crippen LogP contribution >= 0.6 is 0 Å². The van der Waals surface area contributed by atoms with Gasteiger partial charge in [0.2, 0.25) is 17.7 Å². The maximum Gasteiger partial charge on any atom is 0.326 e. The van der Waals surface area contributed by atoms with Gasteiger partial charge < -0.3 is 37.0 Å². The molecule has 0 fully saturated rings. The Bertz CT molecular complexity index is 578. The first kappa shape index (κ1) is 22.8. The Kier molecular flexibility index (Phi) is 9.95. The molecule has 0 saturated heterocycles. The van der Waals surface area contributed by atoms with Gasteiger partial charge in [0.15, 0.2) is 0 Å². The Morgan fingerprint density at radius 3 is 1.88 bits per heavy atom. The lowest BCUT2D eigenvalue weighted by Gasteiger charge is -2.18. The lowest BCUT2D eigenvalue weighted by molar-refractivity contribution is -0.147. The van der Waals surface area contributed by atoms with E-state index >= 15 is 0 Å². The smallest absolute Gasteiger partial charge is 0.326 e. The van der Waals surface area contributed by atoms with E-state index in [0.717, 1.165) is 0 Å². The number of aliphatic carboxylic acids is 3. The maximum atomic E-state index is 12.0. The molecule has 26 heavy (non-hydrogen) atoms. The number of carbonyl (C=O) groups excluding carboxylic acids is 3. The largest absolute Gasteiger partial charge is 0.481 e. The first-order chi connectivity index (χ1) is 12.1. The van der Waals surface area contributed by atoms with Gasteiger partial charge in [-0.3, -0.25) is 24.0 Å². The number of carbonyl (C=O) groups is 6. The van der Waals surface area contributed by atoms with Crippen molar-refractivity contribution < 1.29 is 44.1 Å². The van der Waals surface area contributed by atoms with E-state index in [1.165, 1.54) is 0 Å². The van der Waals surface area contributed by atoms with Crippen molar-refractivity contribution in [2.45, 2.75) is 31.3 Å². The number of hydrogen-bond donors (Lipinski definition) is 7. The predicted octanol–water partition coefficient (Wildman–Crippen LogP) is -3.54. The molecule has 0 aliphatic rings. The van der Waals surface area contributed by atoms with Crippen LogP contribution in [0.3, 0.4) is 0 Å². The molecule has 13 nitrogen and oxygen atoms in total. The lowest BCUT2D eigenvalue weighted by Crippen LogP contribution is -2.51. The molecule has 146 valence electrons. The lowest BCUT2D eigenvalue weighted by atomic mass is 10.1. The normalized spacial score (nSPS) is 12.3. The topological polar surface area (TPSA) is 225 Å². The number of nitrogens with two attached hydrogens (primary N) is 1. The van der Waals surface area contributed by atoms with Crippen LogP contribution < -0.4 is 21.7 Å². The van der Waals surface area contributed by atoms with Crippen LogP contribution in [0.1, 0.15) is 19.3 Å². The van der Waals surface area contributed by atoms with Gasteiger partial charge in [0.25, 0.3) is 0 Å². The highest BCUT2D eigenvalue weighted by molar-refractivity contribution is 5.92. The summed E-state index contributed by atoms with van der Waals surface area (Å²) >= 11 is 0. The van der Waals surface area contributed by atoms with Crippen molar-refractivity contribution in [1.82, 2.24) is 16.0 Å². The molecule has 0 aliphatic heterocycles. The van der Waals surface area contributed by atoms with Crippen LogP contribution in [0.4, 0.5) is 0 Å². The fourth-order valence-corrected chi connectivity index (χ4v) is 1.70. The van der Waals surface area contributed by atoms with E-state index in [1.807, 2.05) is 5.32 Å². The van der Waals surface area contributed by atoms with Crippen molar-refractivity contribution in [2.75, 3.05) is 13.1 Å². The quantitative estimate of drug-likeness (QED) is 0.177. The van der Waals surface area contributed by atoms with E-state index in [4.69, 9.17) is 21.1 Å². The third-order valence-corrected chi connectivity index (χ3v) is 2.92. The van der Waals surface area contributed by atoms with Gasteiger partial charge in [0.05, 0.1) is 19.5 Å². The Morgan fingerprint density at radius 1 is 0.846 bits per heavy atom. The molecule has 3 amide bonds. The van der Waals surface area contributed by atoms with Crippen LogP contribution in [0.5, 0.6) is 0 Å². The highest BCUT2D eigenvalue weighted by Gasteiger charge is 2.25. The molecule has 0 saturated carbocycles. The monoisotopic (exact) mass is 376 g/mol. The molecule has 8 N–H and O–H groups in total. The fourth-order valence-electron chi connectivity index (χ4n) is 1.70. The van der Waals surface area contributed by atoms with E-state index < -0.39 is 73.6 Å². The van der Waals surface area contributed by atoms with E-state index in [-0.39, 0.29) is 6.42 Å². The van der Waals surface area contributed by atoms with Gasteiger partial charge in [-0.1, -0.05) is 0 Å². The van der Waals surface area contributed by atoms with E-state index in [1.54, 1.807) is 0 Å². The SMILES string of the molecule is NCC(=O)NC(CCC(=O)O)C(=O)NCC(=O)NC(CC(=O)O)C(=O)O. The molecule has 2 unspecified atom stereocenters. The highest BCUT2D eigenvalue weighted by atomic mass is 16.4. The molecule has 0 heterocycles. The summed E-state index contributed by atoms with van der Waals surface area (Å²) in [5.74, 6) is -6.79. The average molecular weight is 376 g/mol. The number of hydrogen-bond acceptors (Lipinski definition) is 7. The van der Waals surface area contributed by atoms with Crippen molar-refractivity contribution in [2.24, 2.45) is 5.73 Å². The minimum absolute atomic E-state index is 0.259. The number of carboxylic acids is 3. The molecule has 0 radical (unpaired) electrons. The van der Waals surface area contributed by atoms with Crippen LogP contribution in [-0.2, 0) is 28.8 Å². The summed E-state index contributed by atoms with van der Waals surface area (Å²) in [4.78, 5) is 66.8. The van der Waals surface area contributed by atoms with Crippen molar-refractivity contribution in [3.05, 3.63) is 0 Å². The van der Waals surface area contributed by atoms with Gasteiger partial charge in [-0.15, -0.1) is 0 Å². The van der Waals surface area contributed by atoms with Crippen LogP contribution in [0.2, 0.25) is 0 Å². The second-order valence-corrected chi connectivity index (χ2v) is 5.03. The second kappa shape index (κ2) is 11.4. The van der Waals surface area contributed by atoms with Gasteiger partial charge in [-0.05, 0) is 6.42 Å². The summed E-state index contributed by atoms with van der Waals surface area (Å²) in [5, 5.41) is 32.2. The molecule has 0 spiro atoms. The highest BCUT2D eigenvalue weighted by Crippen LogP contribution is 1.98. The van der Waals surface area contributed by atoms with Crippen molar-refractivity contribution in [3.8, 4) is 0 Å². The molecule has 0 bridgehead atoms. The third-order valence-electron chi connectivity index (χ3n) is 2.92. The number of rotatable bonds is 12. The molecule has 13 heteroatoms. The minimum Gasteiger partial charge on any atom is -0.481 e. The van der Waals surface area contributed by atoms with Gasteiger partial charge in [0.1, 0.15) is 12.1 Å². The zero-order valence-electron chi connectivity index (χ0n) is 13.6. The fraction of sp³-hybridized carbons (Fsp3) is 0.538. The number of nitrogens with one attached hydrogen (secondary N) is 3. The van der Waals surface area contributed by atoms with Crippen molar-refractivity contribution in [1.29, 1.82) is 0 Å². The summed E-state index contributed by atoms with van der Waals surface area (Å²) in [6.07, 6.45) is -1.55. The molecule has 0 aromatic rings. The van der Waals surface area contributed by atoms with E-state index in [2.05, 4.69) is 10.6 Å². The summed E-state index contributed by atoms with van der Waals surface area (Å²) in [7, 11) is 0.